The predicted octanol–water partition coefficient (Wildman–Crippen LogP) is 0.352. The number of nitrogens with zero attached hydrogens (tertiary/aromatic N) is 1. The summed E-state index contributed by atoms with van der Waals surface area (Å²) in [6.45, 7) is 1.04. The molecule has 0 aromatic heterocycles. The van der Waals surface area contributed by atoms with Crippen molar-refractivity contribution in [1.82, 2.24) is 4.90 Å². The summed E-state index contributed by atoms with van der Waals surface area (Å²) in [6, 6.07) is 6.63. The molecule has 0 saturated carbocycles. The van der Waals surface area contributed by atoms with E-state index in [4.69, 9.17) is 10.8 Å². The molecule has 4 nitrogen and oxygen atoms in total. The topological polar surface area (TPSA) is 66.6 Å². The number of aromatic hydroxyl groups is 1. The monoisotopic (exact) mass is 208 g/mol. The van der Waals surface area contributed by atoms with Gasteiger partial charge in [-0.1, -0.05) is 12.1 Å². The number of carbonyl (C=O) groups excluding carboxylic acids is 1. The molecule has 0 spiro atoms. The second kappa shape index (κ2) is 5.36. The minimum Gasteiger partial charge on any atom is -0.508 e. The Balaban J connectivity index is 2.54. The minimum absolute atomic E-state index is 0.0335. The molecule has 82 valence electrons. The Bertz CT molecular complexity index is 322. The molecule has 1 amide bonds. The minimum atomic E-state index is 0.0335. The van der Waals surface area contributed by atoms with E-state index >= 15 is 0 Å². The number of benzene rings is 1. The van der Waals surface area contributed by atoms with E-state index < -0.39 is 0 Å². The van der Waals surface area contributed by atoms with Gasteiger partial charge in [-0.3, -0.25) is 4.79 Å². The van der Waals surface area contributed by atoms with Crippen molar-refractivity contribution in [3.05, 3.63) is 29.8 Å². The van der Waals surface area contributed by atoms with Crippen molar-refractivity contribution in [2.24, 2.45) is 5.73 Å². The quantitative estimate of drug-likeness (QED) is 0.750. The molecule has 3 N–H and O–H groups in total. The Kier molecular flexibility index (Phi) is 4.12. The van der Waals surface area contributed by atoms with Gasteiger partial charge < -0.3 is 15.7 Å². The maximum Gasteiger partial charge on any atom is 0.226 e. The molecule has 0 unspecified atom stereocenters. The number of likely N-dealkylation sites (N-methyl/N-ethyl adjacent to an activating group) is 1. The lowest BCUT2D eigenvalue weighted by atomic mass is 10.1. The third-order valence-electron chi connectivity index (χ3n) is 2.18. The zero-order valence-electron chi connectivity index (χ0n) is 8.81. The Labute approximate surface area is 89.3 Å². The molecule has 1 aromatic rings. The third kappa shape index (κ3) is 3.59. The maximum absolute atomic E-state index is 11.6. The first-order valence-electron chi connectivity index (χ1n) is 4.85. The first-order chi connectivity index (χ1) is 7.13. The van der Waals surface area contributed by atoms with Crippen molar-refractivity contribution in [2.75, 3.05) is 20.1 Å². The molecule has 4 heteroatoms. The summed E-state index contributed by atoms with van der Waals surface area (Å²) in [5.74, 6) is 0.243. The van der Waals surface area contributed by atoms with E-state index in [-0.39, 0.29) is 11.7 Å². The van der Waals surface area contributed by atoms with Crippen LogP contribution >= 0.6 is 0 Å². The standard InChI is InChI=1S/C11H16N2O2/c1-13(7-6-12)11(15)8-9-2-4-10(14)5-3-9/h2-5,14H,6-8,12H2,1H3. The van der Waals surface area contributed by atoms with E-state index in [1.165, 1.54) is 0 Å². The van der Waals surface area contributed by atoms with Crippen molar-refractivity contribution >= 4 is 5.91 Å². The average molecular weight is 208 g/mol. The van der Waals surface area contributed by atoms with E-state index in [9.17, 15) is 4.79 Å². The van der Waals surface area contributed by atoms with Crippen molar-refractivity contribution in [3.63, 3.8) is 0 Å². The highest BCUT2D eigenvalue weighted by atomic mass is 16.3. The Morgan fingerprint density at radius 3 is 2.53 bits per heavy atom. The maximum atomic E-state index is 11.6. The second-order valence-electron chi connectivity index (χ2n) is 3.45. The van der Waals surface area contributed by atoms with Crippen molar-refractivity contribution in [3.8, 4) is 5.75 Å². The molecule has 0 radical (unpaired) electrons. The fourth-order valence-electron chi connectivity index (χ4n) is 1.24. The van der Waals surface area contributed by atoms with Crippen LogP contribution < -0.4 is 5.73 Å². The number of amides is 1. The van der Waals surface area contributed by atoms with Gasteiger partial charge in [0.2, 0.25) is 5.91 Å². The van der Waals surface area contributed by atoms with Gasteiger partial charge in [0.25, 0.3) is 0 Å². The van der Waals surface area contributed by atoms with Crippen LogP contribution in [0.15, 0.2) is 24.3 Å². The molecular weight excluding hydrogens is 192 g/mol. The van der Waals surface area contributed by atoms with E-state index in [1.807, 2.05) is 0 Å². The van der Waals surface area contributed by atoms with Crippen molar-refractivity contribution < 1.29 is 9.90 Å². The molecule has 0 bridgehead atoms. The molecule has 0 heterocycles. The van der Waals surface area contributed by atoms with Crippen LogP contribution in [0.2, 0.25) is 0 Å². The number of hydrogen-bond acceptors (Lipinski definition) is 3. The van der Waals surface area contributed by atoms with Crippen LogP contribution in [0.25, 0.3) is 0 Å². The Morgan fingerprint density at radius 1 is 1.40 bits per heavy atom. The highest BCUT2D eigenvalue weighted by molar-refractivity contribution is 5.78. The molecule has 0 aliphatic carbocycles. The molecular formula is C11H16N2O2. The number of rotatable bonds is 4. The van der Waals surface area contributed by atoms with Crippen LogP contribution in [0.4, 0.5) is 0 Å². The first kappa shape index (κ1) is 11.5. The zero-order valence-corrected chi connectivity index (χ0v) is 8.81. The van der Waals surface area contributed by atoms with Gasteiger partial charge in [-0.05, 0) is 17.7 Å². The number of nitrogens with two attached hydrogens (primary N) is 1. The summed E-state index contributed by atoms with van der Waals surface area (Å²) in [4.78, 5) is 13.2. The second-order valence-corrected chi connectivity index (χ2v) is 3.45. The lowest BCUT2D eigenvalue weighted by molar-refractivity contribution is -0.129. The van der Waals surface area contributed by atoms with Crippen LogP contribution in [0.5, 0.6) is 5.75 Å². The van der Waals surface area contributed by atoms with Gasteiger partial charge >= 0.3 is 0 Å². The van der Waals surface area contributed by atoms with Crippen molar-refractivity contribution in [2.45, 2.75) is 6.42 Å². The largest absolute Gasteiger partial charge is 0.508 e. The fourth-order valence-corrected chi connectivity index (χ4v) is 1.24. The summed E-state index contributed by atoms with van der Waals surface area (Å²) in [5, 5.41) is 9.07. The number of hydrogen-bond donors (Lipinski definition) is 2. The number of carbonyl (C=O) groups is 1. The molecule has 1 rings (SSSR count). The van der Waals surface area contributed by atoms with Crippen LogP contribution in [0, 0.1) is 0 Å². The molecule has 0 atom stereocenters. The summed E-state index contributed by atoms with van der Waals surface area (Å²) < 4.78 is 0. The van der Waals surface area contributed by atoms with Gasteiger partial charge in [-0.2, -0.15) is 0 Å². The summed E-state index contributed by atoms with van der Waals surface area (Å²) in [6.07, 6.45) is 0.344. The Morgan fingerprint density at radius 2 is 2.00 bits per heavy atom. The normalized spacial score (nSPS) is 10.0. The fraction of sp³-hybridized carbons (Fsp3) is 0.364. The lowest BCUT2D eigenvalue weighted by Gasteiger charge is -2.15. The SMILES string of the molecule is CN(CCN)C(=O)Cc1ccc(O)cc1. The van der Waals surface area contributed by atoms with E-state index in [2.05, 4.69) is 0 Å². The van der Waals surface area contributed by atoms with Gasteiger partial charge in [-0.25, -0.2) is 0 Å². The number of phenolic OH excluding ortho intramolecular Hbond substituents is 1. The molecule has 0 fully saturated rings. The van der Waals surface area contributed by atoms with Gasteiger partial charge in [0, 0.05) is 20.1 Å². The van der Waals surface area contributed by atoms with Gasteiger partial charge in [0.05, 0.1) is 6.42 Å². The molecule has 0 saturated heterocycles. The highest BCUT2D eigenvalue weighted by Gasteiger charge is 2.08. The summed E-state index contributed by atoms with van der Waals surface area (Å²) >= 11 is 0. The van der Waals surface area contributed by atoms with Crippen molar-refractivity contribution in [1.29, 1.82) is 0 Å². The van der Waals surface area contributed by atoms with Crippen LogP contribution in [0.1, 0.15) is 5.56 Å². The van der Waals surface area contributed by atoms with E-state index in [0.29, 0.717) is 19.5 Å². The summed E-state index contributed by atoms with van der Waals surface area (Å²) in [5.41, 5.74) is 6.24. The van der Waals surface area contributed by atoms with E-state index in [1.54, 1.807) is 36.2 Å². The Hall–Kier alpha value is -1.55. The van der Waals surface area contributed by atoms with Crippen LogP contribution in [-0.4, -0.2) is 36.1 Å². The summed E-state index contributed by atoms with van der Waals surface area (Å²) in [7, 11) is 1.73. The zero-order chi connectivity index (χ0) is 11.3. The molecule has 15 heavy (non-hydrogen) atoms. The predicted molar refractivity (Wildman–Crippen MR) is 58.5 cm³/mol. The van der Waals surface area contributed by atoms with Gasteiger partial charge in [-0.15, -0.1) is 0 Å². The lowest BCUT2D eigenvalue weighted by Crippen LogP contribution is -2.32. The smallest absolute Gasteiger partial charge is 0.226 e. The molecule has 0 aliphatic heterocycles. The molecule has 1 aromatic carbocycles. The van der Waals surface area contributed by atoms with Gasteiger partial charge in [0.15, 0.2) is 0 Å². The first-order valence-corrected chi connectivity index (χ1v) is 4.85. The third-order valence-corrected chi connectivity index (χ3v) is 2.18. The number of phenols is 1. The highest BCUT2D eigenvalue weighted by Crippen LogP contribution is 2.10. The molecule has 0 aliphatic rings. The van der Waals surface area contributed by atoms with Crippen LogP contribution in [0.3, 0.4) is 0 Å². The van der Waals surface area contributed by atoms with E-state index in [0.717, 1.165) is 5.56 Å². The average Bonchev–Trinajstić information content (AvgIpc) is 2.22. The van der Waals surface area contributed by atoms with Crippen LogP contribution in [-0.2, 0) is 11.2 Å². The van der Waals surface area contributed by atoms with Gasteiger partial charge in [0.1, 0.15) is 5.75 Å².